The van der Waals surface area contributed by atoms with Crippen molar-refractivity contribution in [3.05, 3.63) is 42.0 Å². The minimum Gasteiger partial charge on any atom is -0.497 e. The summed E-state index contributed by atoms with van der Waals surface area (Å²) in [6.45, 7) is -0.309. The molecule has 7 nitrogen and oxygen atoms in total. The van der Waals surface area contributed by atoms with Crippen LogP contribution in [0.25, 0.3) is 0 Å². The van der Waals surface area contributed by atoms with Gasteiger partial charge in [0.25, 0.3) is 0 Å². The van der Waals surface area contributed by atoms with Crippen LogP contribution in [0.1, 0.15) is 42.5 Å². The van der Waals surface area contributed by atoms with Crippen molar-refractivity contribution in [2.75, 3.05) is 13.7 Å². The Kier molecular flexibility index (Phi) is 5.12. The highest BCUT2D eigenvalue weighted by Crippen LogP contribution is 2.65. The minimum absolute atomic E-state index is 0.00890. The molecule has 34 heavy (non-hydrogen) atoms. The van der Waals surface area contributed by atoms with Gasteiger partial charge in [0, 0.05) is 11.6 Å². The average molecular weight is 464 g/mol. The Bertz CT molecular complexity index is 1050. The molecule has 1 aliphatic heterocycles. The van der Waals surface area contributed by atoms with Gasteiger partial charge in [0.05, 0.1) is 24.9 Å². The Morgan fingerprint density at radius 3 is 2.24 bits per heavy atom. The molecule has 1 aromatic rings. The lowest BCUT2D eigenvalue weighted by molar-refractivity contribution is -0.149. The zero-order valence-corrected chi connectivity index (χ0v) is 19.2. The first kappa shape index (κ1) is 21.6. The summed E-state index contributed by atoms with van der Waals surface area (Å²) >= 11 is 0. The van der Waals surface area contributed by atoms with Gasteiger partial charge in [-0.25, -0.2) is 0 Å². The molecule has 7 heteroatoms. The van der Waals surface area contributed by atoms with E-state index in [-0.39, 0.29) is 65.8 Å². The number of benzene rings is 1. The van der Waals surface area contributed by atoms with Crippen LogP contribution in [0, 0.1) is 41.4 Å². The number of Topliss-reactive ketones (excluding diaryl/α,β-unsaturated/α-hetero) is 1. The van der Waals surface area contributed by atoms with Crippen molar-refractivity contribution in [3.63, 3.8) is 0 Å². The first-order chi connectivity index (χ1) is 16.5. The van der Waals surface area contributed by atoms with Crippen molar-refractivity contribution >= 4 is 23.6 Å². The number of imide groups is 1. The van der Waals surface area contributed by atoms with Gasteiger partial charge < -0.3 is 9.47 Å². The molecule has 2 amide bonds. The van der Waals surface area contributed by atoms with Gasteiger partial charge in [0.15, 0.2) is 12.4 Å². The number of nitrogens with zero attached hydrogens (tertiary/aromatic N) is 1. The second kappa shape index (κ2) is 8.07. The smallest absolute Gasteiger partial charge is 0.309 e. The summed E-state index contributed by atoms with van der Waals surface area (Å²) < 4.78 is 10.5. The molecular weight excluding hydrogens is 434 g/mol. The quantitative estimate of drug-likeness (QED) is 0.279. The number of esters is 1. The number of hydrogen-bond acceptors (Lipinski definition) is 6. The van der Waals surface area contributed by atoms with E-state index in [1.165, 1.54) is 7.11 Å². The molecule has 0 unspecified atom stereocenters. The number of ether oxygens (including phenoxy) is 2. The van der Waals surface area contributed by atoms with Crippen molar-refractivity contribution in [3.8, 4) is 5.75 Å². The van der Waals surface area contributed by atoms with Crippen molar-refractivity contribution in [2.45, 2.75) is 38.1 Å². The SMILES string of the molecule is COc1cccc(C(=O)COC(=O)C2CCC(N3C(=O)[C@@H]4[C@H]5C=C[C@@H]([C@@H]6C[C@@H]56)[C@H]4C3=O)CC2)c1. The summed E-state index contributed by atoms with van der Waals surface area (Å²) in [5.41, 5.74) is 0.435. The van der Waals surface area contributed by atoms with Gasteiger partial charge >= 0.3 is 5.97 Å². The Morgan fingerprint density at radius 1 is 0.971 bits per heavy atom. The van der Waals surface area contributed by atoms with E-state index in [2.05, 4.69) is 12.2 Å². The fourth-order valence-corrected chi connectivity index (χ4v) is 7.04. The van der Waals surface area contributed by atoms with E-state index >= 15 is 0 Å². The van der Waals surface area contributed by atoms with Crippen molar-refractivity contribution in [2.24, 2.45) is 41.4 Å². The molecule has 0 N–H and O–H groups in total. The van der Waals surface area contributed by atoms with Crippen LogP contribution < -0.4 is 4.74 Å². The van der Waals surface area contributed by atoms with Crippen LogP contribution in [0.15, 0.2) is 36.4 Å². The lowest BCUT2D eigenvalue weighted by atomic mass is 9.63. The second-order valence-electron chi connectivity index (χ2n) is 10.5. The normalized spacial score (nSPS) is 37.3. The Labute approximate surface area is 198 Å². The molecule has 1 aromatic carbocycles. The van der Waals surface area contributed by atoms with E-state index in [4.69, 9.17) is 9.47 Å². The van der Waals surface area contributed by atoms with Crippen LogP contribution >= 0.6 is 0 Å². The predicted molar refractivity (Wildman–Crippen MR) is 121 cm³/mol. The molecule has 0 aromatic heterocycles. The minimum atomic E-state index is -0.384. The van der Waals surface area contributed by atoms with Crippen LogP contribution in [0.5, 0.6) is 5.75 Å². The van der Waals surface area contributed by atoms with Gasteiger partial charge in [0.2, 0.25) is 11.8 Å². The number of amides is 2. The fourth-order valence-electron chi connectivity index (χ4n) is 7.04. The third-order valence-electron chi connectivity index (χ3n) is 8.83. The molecule has 4 fully saturated rings. The van der Waals surface area contributed by atoms with Gasteiger partial charge in [-0.3, -0.25) is 24.1 Å². The number of rotatable bonds is 6. The number of ketones is 1. The molecule has 6 atom stereocenters. The van der Waals surface area contributed by atoms with Crippen LogP contribution in [0.4, 0.5) is 0 Å². The lowest BCUT2D eigenvalue weighted by Gasteiger charge is -2.37. The third kappa shape index (κ3) is 3.31. The second-order valence-corrected chi connectivity index (χ2v) is 10.5. The molecule has 7 rings (SSSR count). The average Bonchev–Trinajstić information content (AvgIpc) is 3.65. The fraction of sp³-hybridized carbons (Fsp3) is 0.556. The van der Waals surface area contributed by atoms with Crippen LogP contribution in [0.3, 0.4) is 0 Å². The first-order valence-corrected chi connectivity index (χ1v) is 12.4. The number of carbonyl (C=O) groups excluding carboxylic acids is 4. The van der Waals surface area contributed by atoms with E-state index in [1.54, 1.807) is 29.2 Å². The topological polar surface area (TPSA) is 90.0 Å². The molecule has 2 bridgehead atoms. The van der Waals surface area contributed by atoms with E-state index in [1.807, 2.05) is 0 Å². The molecule has 6 aliphatic rings. The van der Waals surface area contributed by atoms with Gasteiger partial charge in [-0.1, -0.05) is 24.3 Å². The van der Waals surface area contributed by atoms with Gasteiger partial charge in [-0.15, -0.1) is 0 Å². The van der Waals surface area contributed by atoms with E-state index < -0.39 is 0 Å². The standard InChI is InChI=1S/C27H29NO6/c1-33-17-4-2-3-15(11-17)22(29)13-34-27(32)14-5-7-16(8-6-14)28-25(30)23-18-9-10-19(21-12-20(18)21)24(23)26(28)31/h2-4,9-11,14,16,18-21,23-24H,5-8,12-13H2,1H3/t14?,16?,18-,19-,20-,21-,23+,24+/m0/s1. The summed E-state index contributed by atoms with van der Waals surface area (Å²) in [5, 5.41) is 0. The van der Waals surface area contributed by atoms with Gasteiger partial charge in [-0.05, 0) is 67.9 Å². The number of hydrogen-bond donors (Lipinski definition) is 0. The summed E-state index contributed by atoms with van der Waals surface area (Å²) in [4.78, 5) is 53.2. The molecular formula is C27H29NO6. The largest absolute Gasteiger partial charge is 0.497 e. The molecule has 3 saturated carbocycles. The Morgan fingerprint density at radius 2 is 1.62 bits per heavy atom. The highest BCUT2D eigenvalue weighted by molar-refractivity contribution is 6.06. The number of methoxy groups -OCH3 is 1. The van der Waals surface area contributed by atoms with Crippen molar-refractivity contribution < 1.29 is 28.7 Å². The van der Waals surface area contributed by atoms with E-state index in [0.29, 0.717) is 48.8 Å². The first-order valence-electron chi connectivity index (χ1n) is 12.4. The number of allylic oxidation sites excluding steroid dienone is 2. The molecule has 5 aliphatic carbocycles. The molecule has 1 heterocycles. The molecule has 0 spiro atoms. The molecule has 0 radical (unpaired) electrons. The van der Waals surface area contributed by atoms with E-state index in [9.17, 15) is 19.2 Å². The summed E-state index contributed by atoms with van der Waals surface area (Å²) in [6, 6.07) is 6.61. The Balaban J connectivity index is 1.04. The molecule has 1 saturated heterocycles. The van der Waals surface area contributed by atoms with Gasteiger partial charge in [0.1, 0.15) is 5.75 Å². The lowest BCUT2D eigenvalue weighted by Crippen LogP contribution is -2.44. The van der Waals surface area contributed by atoms with Crippen LogP contribution in [-0.4, -0.2) is 48.2 Å². The molecule has 178 valence electrons. The maximum absolute atomic E-state index is 13.3. The van der Waals surface area contributed by atoms with Crippen LogP contribution in [-0.2, 0) is 19.1 Å². The van der Waals surface area contributed by atoms with Gasteiger partial charge in [-0.2, -0.15) is 0 Å². The maximum Gasteiger partial charge on any atom is 0.309 e. The number of likely N-dealkylation sites (tertiary alicyclic amines) is 1. The summed E-state index contributed by atoms with van der Waals surface area (Å²) in [5.74, 6) is 0.929. The summed E-state index contributed by atoms with van der Waals surface area (Å²) in [7, 11) is 1.53. The zero-order chi connectivity index (χ0) is 23.6. The Hall–Kier alpha value is -2.96. The monoisotopic (exact) mass is 463 g/mol. The maximum atomic E-state index is 13.3. The third-order valence-corrected chi connectivity index (χ3v) is 8.83. The highest BCUT2D eigenvalue weighted by atomic mass is 16.5. The van der Waals surface area contributed by atoms with Crippen molar-refractivity contribution in [1.29, 1.82) is 0 Å². The van der Waals surface area contributed by atoms with E-state index in [0.717, 1.165) is 6.42 Å². The summed E-state index contributed by atoms with van der Waals surface area (Å²) in [6.07, 6.45) is 7.86. The van der Waals surface area contributed by atoms with Crippen LogP contribution in [0.2, 0.25) is 0 Å². The van der Waals surface area contributed by atoms with Crippen molar-refractivity contribution in [1.82, 2.24) is 4.90 Å². The zero-order valence-electron chi connectivity index (χ0n) is 19.2. The number of carbonyl (C=O) groups is 4. The predicted octanol–water partition coefficient (Wildman–Crippen LogP) is 3.03. The highest BCUT2D eigenvalue weighted by Gasteiger charge is 2.67.